The summed E-state index contributed by atoms with van der Waals surface area (Å²) in [4.78, 5) is 0. The molecule has 0 spiro atoms. The fourth-order valence-electron chi connectivity index (χ4n) is 2.41. The van der Waals surface area contributed by atoms with Gasteiger partial charge in [0.05, 0.1) is 13.2 Å². The van der Waals surface area contributed by atoms with Crippen LogP contribution in [-0.2, 0) is 9.05 Å². The maximum absolute atomic E-state index is 6.02. The van der Waals surface area contributed by atoms with E-state index in [0.717, 1.165) is 35.3 Å². The van der Waals surface area contributed by atoms with Crippen molar-refractivity contribution in [2.75, 3.05) is 13.2 Å². The Hall–Kier alpha value is -1.67. The van der Waals surface area contributed by atoms with Crippen molar-refractivity contribution in [1.82, 2.24) is 0 Å². The van der Waals surface area contributed by atoms with E-state index in [1.54, 1.807) is 0 Å². The van der Waals surface area contributed by atoms with Gasteiger partial charge in [-0.2, -0.15) is 0 Å². The summed E-state index contributed by atoms with van der Waals surface area (Å²) in [6, 6.07) is 16.2. The molecule has 0 saturated carbocycles. The molecule has 23 heavy (non-hydrogen) atoms. The molecule has 4 heteroatoms. The minimum atomic E-state index is -1.34. The zero-order valence-electron chi connectivity index (χ0n) is 13.3. The van der Waals surface area contributed by atoms with Crippen molar-refractivity contribution in [2.45, 2.75) is 19.8 Å². The van der Waals surface area contributed by atoms with Crippen LogP contribution in [0.15, 0.2) is 55.1 Å². The van der Waals surface area contributed by atoms with Gasteiger partial charge in [0.25, 0.3) is 0 Å². The van der Waals surface area contributed by atoms with Crippen molar-refractivity contribution < 1.29 is 13.6 Å². The van der Waals surface area contributed by atoms with Crippen molar-refractivity contribution in [3.63, 3.8) is 0 Å². The molecule has 2 aromatic rings. The molecule has 0 bridgehead atoms. The maximum Gasteiger partial charge on any atom is 0.397 e. The van der Waals surface area contributed by atoms with Gasteiger partial charge >= 0.3 is 8.60 Å². The SMILES string of the molecule is C=C(c1ccccc1)c1cc(C)ccc1OP1OCCCCO1. The van der Waals surface area contributed by atoms with Crippen molar-refractivity contribution in [1.29, 1.82) is 0 Å². The molecule has 2 aromatic carbocycles. The smallest absolute Gasteiger partial charge is 0.397 e. The first-order chi connectivity index (χ1) is 11.2. The Bertz CT molecular complexity index is 662. The third-order valence-electron chi connectivity index (χ3n) is 3.69. The number of hydrogen-bond acceptors (Lipinski definition) is 3. The summed E-state index contributed by atoms with van der Waals surface area (Å²) in [6.45, 7) is 7.69. The van der Waals surface area contributed by atoms with Crippen molar-refractivity contribution >= 4 is 14.2 Å². The molecule has 1 saturated heterocycles. The number of aryl methyl sites for hydroxylation is 1. The van der Waals surface area contributed by atoms with Gasteiger partial charge in [0, 0.05) is 5.56 Å². The average molecular weight is 328 g/mol. The van der Waals surface area contributed by atoms with Crippen molar-refractivity contribution in [3.8, 4) is 5.75 Å². The highest BCUT2D eigenvalue weighted by atomic mass is 31.2. The molecule has 0 unspecified atom stereocenters. The molecule has 1 heterocycles. The highest BCUT2D eigenvalue weighted by molar-refractivity contribution is 7.42. The summed E-state index contributed by atoms with van der Waals surface area (Å²) in [5, 5.41) is 0. The molecule has 3 rings (SSSR count). The Labute approximate surface area is 138 Å². The minimum Gasteiger partial charge on any atom is -0.426 e. The van der Waals surface area contributed by atoms with Gasteiger partial charge in [-0.25, -0.2) is 0 Å². The summed E-state index contributed by atoms with van der Waals surface area (Å²) in [5.74, 6) is 0.762. The van der Waals surface area contributed by atoms with Crippen LogP contribution in [0.3, 0.4) is 0 Å². The summed E-state index contributed by atoms with van der Waals surface area (Å²) >= 11 is 0. The minimum absolute atomic E-state index is 0.687. The third-order valence-corrected chi connectivity index (χ3v) is 4.82. The lowest BCUT2D eigenvalue weighted by Gasteiger charge is -2.18. The van der Waals surface area contributed by atoms with E-state index >= 15 is 0 Å². The van der Waals surface area contributed by atoms with Crippen LogP contribution in [-0.4, -0.2) is 13.2 Å². The Morgan fingerprint density at radius 2 is 1.74 bits per heavy atom. The van der Waals surface area contributed by atoms with Crippen LogP contribution >= 0.6 is 8.60 Å². The summed E-state index contributed by atoms with van der Waals surface area (Å²) in [5.41, 5.74) is 4.17. The van der Waals surface area contributed by atoms with Gasteiger partial charge in [-0.3, -0.25) is 0 Å². The predicted octanol–water partition coefficient (Wildman–Crippen LogP) is 5.49. The highest BCUT2D eigenvalue weighted by Crippen LogP contribution is 2.45. The molecule has 1 aliphatic rings. The fraction of sp³-hybridized carbons (Fsp3) is 0.263. The molecular formula is C19H21O3P. The Kier molecular flexibility index (Phi) is 5.45. The molecule has 0 N–H and O–H groups in total. The van der Waals surface area contributed by atoms with Crippen molar-refractivity contribution in [2.24, 2.45) is 0 Å². The topological polar surface area (TPSA) is 27.7 Å². The second-order valence-electron chi connectivity index (χ2n) is 5.53. The first kappa shape index (κ1) is 16.2. The molecule has 3 nitrogen and oxygen atoms in total. The largest absolute Gasteiger partial charge is 0.426 e. The lowest BCUT2D eigenvalue weighted by Crippen LogP contribution is -1.98. The second kappa shape index (κ2) is 7.74. The molecule has 1 fully saturated rings. The van der Waals surface area contributed by atoms with E-state index in [1.807, 2.05) is 30.3 Å². The number of hydrogen-bond donors (Lipinski definition) is 0. The molecule has 1 aliphatic heterocycles. The van der Waals surface area contributed by atoms with Crippen LogP contribution in [0.25, 0.3) is 5.57 Å². The normalized spacial score (nSPS) is 15.9. The van der Waals surface area contributed by atoms with Crippen LogP contribution in [0.5, 0.6) is 5.75 Å². The van der Waals surface area contributed by atoms with Gasteiger partial charge in [0.2, 0.25) is 0 Å². The molecule has 120 valence electrons. The molecule has 0 atom stereocenters. The van der Waals surface area contributed by atoms with E-state index in [4.69, 9.17) is 13.6 Å². The van der Waals surface area contributed by atoms with Gasteiger partial charge in [-0.1, -0.05) is 48.5 Å². The standard InChI is InChI=1S/C19H21O3P/c1-15-10-11-19(22-23-20-12-6-7-13-21-23)18(14-15)16(2)17-8-4-3-5-9-17/h3-5,8-11,14H,2,6-7,12-13H2,1H3. The monoisotopic (exact) mass is 328 g/mol. The van der Waals surface area contributed by atoms with E-state index < -0.39 is 8.60 Å². The lowest BCUT2D eigenvalue weighted by atomic mass is 9.97. The quantitative estimate of drug-likeness (QED) is 0.695. The van der Waals surface area contributed by atoms with Gasteiger partial charge in [0.1, 0.15) is 5.75 Å². The van der Waals surface area contributed by atoms with Crippen LogP contribution in [0, 0.1) is 6.92 Å². The van der Waals surface area contributed by atoms with Crippen molar-refractivity contribution in [3.05, 3.63) is 71.8 Å². The highest BCUT2D eigenvalue weighted by Gasteiger charge is 2.20. The molecule has 0 aromatic heterocycles. The molecule has 0 amide bonds. The van der Waals surface area contributed by atoms with Gasteiger partial charge in [-0.05, 0) is 43.0 Å². The zero-order valence-corrected chi connectivity index (χ0v) is 14.2. The lowest BCUT2D eigenvalue weighted by molar-refractivity contribution is 0.240. The van der Waals surface area contributed by atoms with Gasteiger partial charge in [-0.15, -0.1) is 0 Å². The van der Waals surface area contributed by atoms with E-state index in [9.17, 15) is 0 Å². The Balaban J connectivity index is 1.87. The van der Waals surface area contributed by atoms with E-state index in [-0.39, 0.29) is 0 Å². The van der Waals surface area contributed by atoms with Gasteiger partial charge < -0.3 is 13.6 Å². The molecule has 0 aliphatic carbocycles. The zero-order chi connectivity index (χ0) is 16.1. The second-order valence-corrected chi connectivity index (χ2v) is 6.68. The van der Waals surface area contributed by atoms with E-state index in [0.29, 0.717) is 13.2 Å². The van der Waals surface area contributed by atoms with Gasteiger partial charge in [0.15, 0.2) is 0 Å². The molecular weight excluding hydrogens is 307 g/mol. The van der Waals surface area contributed by atoms with Crippen LogP contribution in [0.2, 0.25) is 0 Å². The molecule has 0 radical (unpaired) electrons. The van der Waals surface area contributed by atoms with Crippen LogP contribution in [0.1, 0.15) is 29.5 Å². The first-order valence-corrected chi connectivity index (χ1v) is 8.93. The third kappa shape index (κ3) is 4.20. The average Bonchev–Trinajstić information content (AvgIpc) is 2.85. The number of benzene rings is 2. The maximum atomic E-state index is 6.02. The summed E-state index contributed by atoms with van der Waals surface area (Å²) in [6.07, 6.45) is 2.03. The Morgan fingerprint density at radius 3 is 2.43 bits per heavy atom. The first-order valence-electron chi connectivity index (χ1n) is 7.83. The summed E-state index contributed by atoms with van der Waals surface area (Å²) in [7, 11) is -1.34. The fourth-order valence-corrected chi connectivity index (χ4v) is 3.46. The van der Waals surface area contributed by atoms with Crippen LogP contribution < -0.4 is 4.52 Å². The predicted molar refractivity (Wildman–Crippen MR) is 94.4 cm³/mol. The Morgan fingerprint density at radius 1 is 1.04 bits per heavy atom. The van der Waals surface area contributed by atoms with Crippen LogP contribution in [0.4, 0.5) is 0 Å². The summed E-state index contributed by atoms with van der Waals surface area (Å²) < 4.78 is 17.4. The number of rotatable bonds is 4. The van der Waals surface area contributed by atoms with E-state index in [1.165, 1.54) is 5.56 Å². The van der Waals surface area contributed by atoms with E-state index in [2.05, 4.69) is 31.7 Å².